The minimum atomic E-state index is -4.37. The van der Waals surface area contributed by atoms with Gasteiger partial charge in [0.1, 0.15) is 5.82 Å². The number of aromatic nitrogens is 1. The van der Waals surface area contributed by atoms with E-state index in [1.54, 1.807) is 0 Å². The second-order valence-corrected chi connectivity index (χ2v) is 6.55. The van der Waals surface area contributed by atoms with Crippen LogP contribution in [0.3, 0.4) is 0 Å². The highest BCUT2D eigenvalue weighted by Crippen LogP contribution is 2.30. The van der Waals surface area contributed by atoms with E-state index in [9.17, 15) is 13.2 Å². The summed E-state index contributed by atoms with van der Waals surface area (Å²) >= 11 is 0. The molecule has 2 aromatic rings. The Balaban J connectivity index is 1.78. The lowest BCUT2D eigenvalue weighted by atomic mass is 9.93. The second kappa shape index (κ2) is 7.30. The molecule has 0 spiro atoms. The van der Waals surface area contributed by atoms with E-state index >= 15 is 0 Å². The van der Waals surface area contributed by atoms with Crippen LogP contribution in [0.15, 0.2) is 42.1 Å². The molecule has 132 valence electrons. The molecule has 3 rings (SSSR count). The number of nitrogens with zero attached hydrogens (tertiary/aromatic N) is 1. The zero-order chi connectivity index (χ0) is 17.9. The molecule has 0 radical (unpaired) electrons. The summed E-state index contributed by atoms with van der Waals surface area (Å²) in [4.78, 5) is 3.87. The lowest BCUT2D eigenvalue weighted by Gasteiger charge is -2.14. The van der Waals surface area contributed by atoms with Gasteiger partial charge in [-0.2, -0.15) is 13.2 Å². The molecule has 0 saturated heterocycles. The Morgan fingerprint density at radius 3 is 2.44 bits per heavy atom. The molecule has 1 aromatic heterocycles. The fraction of sp³-hybridized carbons (Fsp3) is 0.350. The number of alkyl halides is 3. The van der Waals surface area contributed by atoms with Gasteiger partial charge in [0.05, 0.1) is 5.56 Å². The number of halogens is 3. The molecule has 0 bridgehead atoms. The molecule has 5 heteroatoms. The average molecular weight is 346 g/mol. The highest BCUT2D eigenvalue weighted by atomic mass is 19.4. The van der Waals surface area contributed by atoms with Crippen molar-refractivity contribution in [2.45, 2.75) is 45.2 Å². The number of rotatable bonds is 3. The van der Waals surface area contributed by atoms with E-state index in [4.69, 9.17) is 0 Å². The number of allylic oxidation sites excluding steroid dienone is 1. The minimum Gasteiger partial charge on any atom is -0.340 e. The van der Waals surface area contributed by atoms with Crippen LogP contribution in [-0.4, -0.2) is 4.98 Å². The zero-order valence-corrected chi connectivity index (χ0v) is 14.2. The normalized spacial score (nSPS) is 15.1. The number of benzene rings is 1. The van der Waals surface area contributed by atoms with E-state index in [2.05, 4.69) is 22.4 Å². The summed E-state index contributed by atoms with van der Waals surface area (Å²) in [7, 11) is 0. The number of nitrogens with one attached hydrogen (secondary N) is 1. The van der Waals surface area contributed by atoms with Crippen molar-refractivity contribution in [2.24, 2.45) is 0 Å². The van der Waals surface area contributed by atoms with Crippen molar-refractivity contribution in [3.63, 3.8) is 0 Å². The number of hydrogen-bond donors (Lipinski definition) is 1. The van der Waals surface area contributed by atoms with Crippen LogP contribution in [0.5, 0.6) is 0 Å². The molecule has 1 aromatic carbocycles. The van der Waals surface area contributed by atoms with E-state index in [0.717, 1.165) is 41.9 Å². The van der Waals surface area contributed by atoms with Crippen molar-refractivity contribution in [2.75, 3.05) is 5.32 Å². The summed E-state index contributed by atoms with van der Waals surface area (Å²) in [5.41, 5.74) is 3.77. The van der Waals surface area contributed by atoms with Crippen molar-refractivity contribution in [1.29, 1.82) is 0 Å². The van der Waals surface area contributed by atoms with Gasteiger partial charge in [0, 0.05) is 11.9 Å². The number of anilines is 2. The highest BCUT2D eigenvalue weighted by Gasteiger charge is 2.30. The summed E-state index contributed by atoms with van der Waals surface area (Å²) in [6.07, 6.45) is 4.82. The van der Waals surface area contributed by atoms with E-state index in [1.165, 1.54) is 30.9 Å². The molecule has 0 aliphatic heterocycles. The Hall–Kier alpha value is -2.30. The molecular formula is C20H21F3N2. The Morgan fingerprint density at radius 1 is 1.04 bits per heavy atom. The molecule has 1 heterocycles. The maximum Gasteiger partial charge on any atom is 0.417 e. The Kier molecular flexibility index (Phi) is 5.11. The summed E-state index contributed by atoms with van der Waals surface area (Å²) in [5.74, 6) is 0.398. The van der Waals surface area contributed by atoms with Crippen LogP contribution in [0.2, 0.25) is 0 Å². The van der Waals surface area contributed by atoms with Crippen LogP contribution < -0.4 is 5.32 Å². The number of hydrogen-bond acceptors (Lipinski definition) is 2. The fourth-order valence-corrected chi connectivity index (χ4v) is 3.14. The molecule has 0 atom stereocenters. The first-order chi connectivity index (χ1) is 11.9. The topological polar surface area (TPSA) is 24.9 Å². The van der Waals surface area contributed by atoms with Crippen molar-refractivity contribution in [3.8, 4) is 0 Å². The average Bonchev–Trinajstić information content (AvgIpc) is 2.55. The van der Waals surface area contributed by atoms with Gasteiger partial charge in [-0.05, 0) is 68.0 Å². The standard InChI is InChI=1S/C20H21F3N2/c1-14-9-16(11-15-5-3-2-4-6-15)12-18(10-14)25-19-8-7-17(13-24-19)20(21,22)23/h7-13H,2-6H2,1H3,(H,24,25). The molecule has 1 N–H and O–H groups in total. The van der Waals surface area contributed by atoms with Gasteiger partial charge in [0.15, 0.2) is 0 Å². The van der Waals surface area contributed by atoms with Crippen molar-refractivity contribution in [1.82, 2.24) is 4.98 Å². The molecular weight excluding hydrogens is 325 g/mol. The number of pyridine rings is 1. The van der Waals surface area contributed by atoms with Gasteiger partial charge in [-0.3, -0.25) is 0 Å². The number of aryl methyl sites for hydroxylation is 1. The van der Waals surface area contributed by atoms with Gasteiger partial charge in [-0.15, -0.1) is 0 Å². The van der Waals surface area contributed by atoms with E-state index in [-0.39, 0.29) is 0 Å². The summed E-state index contributed by atoms with van der Waals surface area (Å²) < 4.78 is 37.8. The van der Waals surface area contributed by atoms with Crippen LogP contribution in [0, 0.1) is 6.92 Å². The van der Waals surface area contributed by atoms with E-state index in [1.807, 2.05) is 19.1 Å². The van der Waals surface area contributed by atoms with Crippen molar-refractivity contribution >= 4 is 17.6 Å². The Morgan fingerprint density at radius 2 is 1.80 bits per heavy atom. The van der Waals surface area contributed by atoms with Gasteiger partial charge >= 0.3 is 6.18 Å². The third kappa shape index (κ3) is 4.84. The van der Waals surface area contributed by atoms with Crippen LogP contribution in [0.1, 0.15) is 48.8 Å². The second-order valence-electron chi connectivity index (χ2n) is 6.55. The first-order valence-electron chi connectivity index (χ1n) is 8.51. The lowest BCUT2D eigenvalue weighted by Crippen LogP contribution is -2.05. The Labute approximate surface area is 145 Å². The summed E-state index contributed by atoms with van der Waals surface area (Å²) in [6.45, 7) is 2.01. The van der Waals surface area contributed by atoms with Crippen LogP contribution in [0.25, 0.3) is 6.08 Å². The van der Waals surface area contributed by atoms with Gasteiger partial charge in [0.2, 0.25) is 0 Å². The maximum absolute atomic E-state index is 12.6. The Bertz CT molecular complexity index is 754. The third-order valence-electron chi connectivity index (χ3n) is 4.33. The first-order valence-corrected chi connectivity index (χ1v) is 8.51. The molecule has 1 fully saturated rings. The van der Waals surface area contributed by atoms with Gasteiger partial charge in [0.25, 0.3) is 0 Å². The lowest BCUT2D eigenvalue weighted by molar-refractivity contribution is -0.137. The molecule has 2 nitrogen and oxygen atoms in total. The predicted octanol–water partition coefficient (Wildman–Crippen LogP) is 6.50. The molecule has 1 saturated carbocycles. The quantitative estimate of drug-likeness (QED) is 0.686. The third-order valence-corrected chi connectivity index (χ3v) is 4.33. The largest absolute Gasteiger partial charge is 0.417 e. The smallest absolute Gasteiger partial charge is 0.340 e. The van der Waals surface area contributed by atoms with Gasteiger partial charge < -0.3 is 5.32 Å². The molecule has 1 aliphatic rings. The summed E-state index contributed by atoms with van der Waals surface area (Å²) in [6, 6.07) is 8.48. The first kappa shape index (κ1) is 17.5. The zero-order valence-electron chi connectivity index (χ0n) is 14.2. The highest BCUT2D eigenvalue weighted by molar-refractivity contribution is 5.64. The van der Waals surface area contributed by atoms with Crippen molar-refractivity contribution < 1.29 is 13.2 Å². The molecule has 0 unspecified atom stereocenters. The fourth-order valence-electron chi connectivity index (χ4n) is 3.14. The minimum absolute atomic E-state index is 0.398. The maximum atomic E-state index is 12.6. The van der Waals surface area contributed by atoms with Crippen molar-refractivity contribution in [3.05, 3.63) is 58.8 Å². The van der Waals surface area contributed by atoms with E-state index < -0.39 is 11.7 Å². The molecule has 25 heavy (non-hydrogen) atoms. The van der Waals surface area contributed by atoms with Gasteiger partial charge in [-0.1, -0.05) is 24.1 Å². The summed E-state index contributed by atoms with van der Waals surface area (Å²) in [5, 5.41) is 3.09. The van der Waals surface area contributed by atoms with E-state index in [0.29, 0.717) is 5.82 Å². The van der Waals surface area contributed by atoms with Crippen LogP contribution >= 0.6 is 0 Å². The molecule has 0 amide bonds. The van der Waals surface area contributed by atoms with Gasteiger partial charge in [-0.25, -0.2) is 4.98 Å². The SMILES string of the molecule is Cc1cc(C=C2CCCCC2)cc(Nc2ccc(C(F)(F)F)cn2)c1. The van der Waals surface area contributed by atoms with Crippen LogP contribution in [0.4, 0.5) is 24.7 Å². The van der Waals surface area contributed by atoms with Crippen LogP contribution in [-0.2, 0) is 6.18 Å². The predicted molar refractivity (Wildman–Crippen MR) is 94.8 cm³/mol. The monoisotopic (exact) mass is 346 g/mol. The molecule has 1 aliphatic carbocycles.